The van der Waals surface area contributed by atoms with Crippen molar-refractivity contribution >= 4 is 38.2 Å². The van der Waals surface area contributed by atoms with Crippen LogP contribution in [-0.2, 0) is 16.3 Å². The summed E-state index contributed by atoms with van der Waals surface area (Å²) in [6.07, 6.45) is 0.791. The van der Waals surface area contributed by atoms with E-state index in [2.05, 4.69) is 10.3 Å². The molecule has 1 aliphatic carbocycles. The largest absolute Gasteiger partial charge is 0.396 e. The van der Waals surface area contributed by atoms with Crippen LogP contribution in [0.3, 0.4) is 0 Å². The van der Waals surface area contributed by atoms with Gasteiger partial charge in [-0.1, -0.05) is 35.9 Å². The number of carbonyl (C=O) groups is 1. The number of amides is 1. The monoisotopic (exact) mass is 446 g/mol. The SMILES string of the molecule is O=C(N[C@@H]1Cc2ccccc2[C@@H]1CS(=O)(=O)CCCO)c1cc2cc(Cl)ccc2[nH]1. The number of fused-ring (bicyclic) bond motifs is 2. The number of H-pyrrole nitrogens is 1. The predicted octanol–water partition coefficient (Wildman–Crippen LogP) is 3.06. The summed E-state index contributed by atoms with van der Waals surface area (Å²) in [5.41, 5.74) is 3.22. The molecule has 4 rings (SSSR count). The average molecular weight is 447 g/mol. The lowest BCUT2D eigenvalue weighted by Crippen LogP contribution is -2.40. The number of benzene rings is 2. The smallest absolute Gasteiger partial charge is 0.267 e. The second-order valence-electron chi connectivity index (χ2n) is 7.70. The van der Waals surface area contributed by atoms with Gasteiger partial charge in [-0.15, -0.1) is 0 Å². The maximum absolute atomic E-state index is 12.9. The Kier molecular flexibility index (Phi) is 5.86. The van der Waals surface area contributed by atoms with Crippen LogP contribution in [0, 0.1) is 0 Å². The first-order valence-corrected chi connectivity index (χ1v) is 12.0. The number of aromatic amines is 1. The number of carbonyl (C=O) groups excluding carboxylic acids is 1. The van der Waals surface area contributed by atoms with E-state index in [4.69, 9.17) is 16.7 Å². The van der Waals surface area contributed by atoms with Crippen LogP contribution < -0.4 is 5.32 Å². The zero-order valence-electron chi connectivity index (χ0n) is 16.3. The Morgan fingerprint density at radius 3 is 2.80 bits per heavy atom. The molecule has 1 amide bonds. The minimum atomic E-state index is -3.36. The summed E-state index contributed by atoms with van der Waals surface area (Å²) in [6.45, 7) is -0.162. The molecule has 2 atom stereocenters. The minimum absolute atomic E-state index is 0.0583. The number of halogens is 1. The Morgan fingerprint density at radius 1 is 1.20 bits per heavy atom. The second kappa shape index (κ2) is 8.41. The molecule has 1 heterocycles. The zero-order valence-corrected chi connectivity index (χ0v) is 17.8. The number of nitrogens with one attached hydrogen (secondary N) is 2. The lowest BCUT2D eigenvalue weighted by atomic mass is 10.0. The quantitative estimate of drug-likeness (QED) is 0.519. The van der Waals surface area contributed by atoms with E-state index in [1.165, 1.54) is 0 Å². The molecule has 30 heavy (non-hydrogen) atoms. The van der Waals surface area contributed by atoms with Gasteiger partial charge in [-0.2, -0.15) is 0 Å². The molecular weight excluding hydrogens is 424 g/mol. The van der Waals surface area contributed by atoms with E-state index >= 15 is 0 Å². The molecule has 2 aromatic carbocycles. The molecule has 3 aromatic rings. The van der Waals surface area contributed by atoms with Crippen LogP contribution in [-0.4, -0.2) is 48.6 Å². The lowest BCUT2D eigenvalue weighted by Gasteiger charge is -2.21. The summed E-state index contributed by atoms with van der Waals surface area (Å²) >= 11 is 6.03. The standard InChI is InChI=1S/C22H23ClN2O4S/c23-16-6-7-19-15(10-16)12-21(24-19)22(27)25-20-11-14-4-1-2-5-17(14)18(20)13-30(28,29)9-3-8-26/h1-2,4-7,10,12,18,20,24,26H,3,8-9,11,13H2,(H,25,27)/t18-,20+/m0/s1. The maximum Gasteiger partial charge on any atom is 0.267 e. The highest BCUT2D eigenvalue weighted by Gasteiger charge is 2.36. The van der Waals surface area contributed by atoms with Crippen molar-refractivity contribution in [2.45, 2.75) is 24.8 Å². The van der Waals surface area contributed by atoms with Crippen molar-refractivity contribution in [2.75, 3.05) is 18.1 Å². The van der Waals surface area contributed by atoms with E-state index in [0.717, 1.165) is 22.0 Å². The highest BCUT2D eigenvalue weighted by molar-refractivity contribution is 7.91. The van der Waals surface area contributed by atoms with Crippen LogP contribution in [0.1, 0.15) is 34.0 Å². The molecule has 0 aliphatic heterocycles. The fourth-order valence-electron chi connectivity index (χ4n) is 4.15. The van der Waals surface area contributed by atoms with E-state index in [1.807, 2.05) is 30.3 Å². The molecule has 8 heteroatoms. The van der Waals surface area contributed by atoms with Crippen molar-refractivity contribution < 1.29 is 18.3 Å². The molecule has 0 saturated carbocycles. The van der Waals surface area contributed by atoms with E-state index in [0.29, 0.717) is 17.1 Å². The number of aromatic nitrogens is 1. The van der Waals surface area contributed by atoms with Crippen LogP contribution in [0.5, 0.6) is 0 Å². The summed E-state index contributed by atoms with van der Waals surface area (Å²) in [6, 6.07) is 14.5. The van der Waals surface area contributed by atoms with Crippen LogP contribution in [0.4, 0.5) is 0 Å². The molecule has 0 spiro atoms. The van der Waals surface area contributed by atoms with Gasteiger partial charge in [0.2, 0.25) is 0 Å². The second-order valence-corrected chi connectivity index (χ2v) is 10.4. The van der Waals surface area contributed by atoms with Gasteiger partial charge in [0.05, 0.1) is 11.5 Å². The first kappa shape index (κ1) is 20.9. The van der Waals surface area contributed by atoms with E-state index < -0.39 is 9.84 Å². The van der Waals surface area contributed by atoms with Gasteiger partial charge < -0.3 is 15.4 Å². The Bertz CT molecular complexity index is 1190. The van der Waals surface area contributed by atoms with Crippen molar-refractivity contribution in [3.8, 4) is 0 Å². The highest BCUT2D eigenvalue weighted by Crippen LogP contribution is 2.35. The molecule has 6 nitrogen and oxygen atoms in total. The van der Waals surface area contributed by atoms with Crippen molar-refractivity contribution in [1.29, 1.82) is 0 Å². The molecule has 0 radical (unpaired) electrons. The van der Waals surface area contributed by atoms with Gasteiger partial charge >= 0.3 is 0 Å². The van der Waals surface area contributed by atoms with E-state index in [-0.39, 0.29) is 42.4 Å². The predicted molar refractivity (Wildman–Crippen MR) is 118 cm³/mol. The number of aliphatic hydroxyl groups excluding tert-OH is 1. The Labute approximate surface area is 180 Å². The van der Waals surface area contributed by atoms with Gasteiger partial charge in [0.1, 0.15) is 5.69 Å². The third-order valence-corrected chi connectivity index (χ3v) is 7.58. The van der Waals surface area contributed by atoms with Gasteiger partial charge in [0.15, 0.2) is 9.84 Å². The topological polar surface area (TPSA) is 99.3 Å². The van der Waals surface area contributed by atoms with Gasteiger partial charge in [-0.05, 0) is 48.2 Å². The third-order valence-electron chi connectivity index (χ3n) is 5.57. The molecule has 0 bridgehead atoms. The fraction of sp³-hybridized carbons (Fsp3) is 0.318. The van der Waals surface area contributed by atoms with Gasteiger partial charge in [0.25, 0.3) is 5.91 Å². The highest BCUT2D eigenvalue weighted by atomic mass is 35.5. The number of hydrogen-bond donors (Lipinski definition) is 3. The van der Waals surface area contributed by atoms with Crippen molar-refractivity contribution in [3.05, 3.63) is 70.4 Å². The summed E-state index contributed by atoms with van der Waals surface area (Å²) < 4.78 is 25.1. The molecular formula is C22H23ClN2O4S. The van der Waals surface area contributed by atoms with Gasteiger partial charge in [-0.3, -0.25) is 4.79 Å². The van der Waals surface area contributed by atoms with Crippen LogP contribution in [0.25, 0.3) is 10.9 Å². The molecule has 1 aliphatic rings. The fourth-order valence-corrected chi connectivity index (χ4v) is 6.02. The molecule has 1 aromatic heterocycles. The Morgan fingerprint density at radius 2 is 2.00 bits per heavy atom. The first-order chi connectivity index (χ1) is 14.4. The first-order valence-electron chi connectivity index (χ1n) is 9.84. The zero-order chi connectivity index (χ0) is 21.3. The van der Waals surface area contributed by atoms with E-state index in [1.54, 1.807) is 18.2 Å². The Balaban J connectivity index is 1.57. The van der Waals surface area contributed by atoms with Crippen molar-refractivity contribution in [3.63, 3.8) is 0 Å². The van der Waals surface area contributed by atoms with Crippen LogP contribution in [0.15, 0.2) is 48.5 Å². The number of aliphatic hydroxyl groups is 1. The summed E-state index contributed by atoms with van der Waals surface area (Å²) in [5, 5.41) is 13.4. The molecule has 0 fully saturated rings. The maximum atomic E-state index is 12.9. The molecule has 0 unspecified atom stereocenters. The number of rotatable bonds is 7. The normalized spacial score (nSPS) is 18.5. The average Bonchev–Trinajstić information content (AvgIpc) is 3.27. The van der Waals surface area contributed by atoms with Crippen LogP contribution in [0.2, 0.25) is 5.02 Å². The Hall–Kier alpha value is -2.35. The number of hydrogen-bond acceptors (Lipinski definition) is 4. The number of sulfone groups is 1. The van der Waals surface area contributed by atoms with E-state index in [9.17, 15) is 13.2 Å². The van der Waals surface area contributed by atoms with Gasteiger partial charge in [0, 0.05) is 34.5 Å². The van der Waals surface area contributed by atoms with Crippen molar-refractivity contribution in [2.24, 2.45) is 0 Å². The molecule has 0 saturated heterocycles. The third kappa shape index (κ3) is 4.38. The summed E-state index contributed by atoms with van der Waals surface area (Å²) in [4.78, 5) is 16.0. The summed E-state index contributed by atoms with van der Waals surface area (Å²) in [5.74, 6) is -0.728. The van der Waals surface area contributed by atoms with Gasteiger partial charge in [-0.25, -0.2) is 8.42 Å². The molecule has 3 N–H and O–H groups in total. The van der Waals surface area contributed by atoms with Crippen LogP contribution >= 0.6 is 11.6 Å². The van der Waals surface area contributed by atoms with Crippen molar-refractivity contribution in [1.82, 2.24) is 10.3 Å². The summed E-state index contributed by atoms with van der Waals surface area (Å²) in [7, 11) is -3.36. The lowest BCUT2D eigenvalue weighted by molar-refractivity contribution is 0.0930. The minimum Gasteiger partial charge on any atom is -0.396 e. The molecule has 158 valence electrons.